The highest BCUT2D eigenvalue weighted by Crippen LogP contribution is 2.40. The van der Waals surface area contributed by atoms with E-state index in [-0.39, 0.29) is 17.9 Å². The van der Waals surface area contributed by atoms with Crippen molar-refractivity contribution in [3.05, 3.63) is 0 Å². The van der Waals surface area contributed by atoms with Crippen molar-refractivity contribution >= 4 is 11.9 Å². The summed E-state index contributed by atoms with van der Waals surface area (Å²) in [7, 11) is 0. The normalized spacial score (nSPS) is 19.6. The summed E-state index contributed by atoms with van der Waals surface area (Å²) >= 11 is 0. The highest BCUT2D eigenvalue weighted by molar-refractivity contribution is 6.07. The molecule has 1 aliphatic heterocycles. The first-order valence-corrected chi connectivity index (χ1v) is 19.3. The smallest absolute Gasteiger partial charge is 0.323 e. The molecule has 0 aromatic heterocycles. The van der Waals surface area contributed by atoms with Crippen molar-refractivity contribution in [2.45, 2.75) is 225 Å². The van der Waals surface area contributed by atoms with Gasteiger partial charge in [-0.2, -0.15) is 0 Å². The molecular weight excluding hydrogens is 530 g/mol. The summed E-state index contributed by atoms with van der Waals surface area (Å²) in [6.45, 7) is 6.51. The number of rotatable bonds is 28. The van der Waals surface area contributed by atoms with Crippen LogP contribution < -0.4 is 11.1 Å². The monoisotopic (exact) mass is 604 g/mol. The molecule has 1 atom stereocenters. The van der Waals surface area contributed by atoms with Gasteiger partial charge in [0.25, 0.3) is 5.91 Å². The molecule has 0 radical (unpaired) electrons. The van der Waals surface area contributed by atoms with Gasteiger partial charge in [-0.05, 0) is 51.4 Å². The maximum atomic E-state index is 13.9. The number of imide groups is 1. The summed E-state index contributed by atoms with van der Waals surface area (Å²) in [4.78, 5) is 28.7. The van der Waals surface area contributed by atoms with E-state index in [1.54, 1.807) is 0 Å². The van der Waals surface area contributed by atoms with Crippen LogP contribution in [-0.2, 0) is 4.79 Å². The van der Waals surface area contributed by atoms with Crippen molar-refractivity contribution in [3.63, 3.8) is 0 Å². The molecule has 1 saturated heterocycles. The minimum absolute atomic E-state index is 0.0650. The predicted octanol–water partition coefficient (Wildman–Crippen LogP) is 11.3. The van der Waals surface area contributed by atoms with E-state index in [0.29, 0.717) is 0 Å². The fourth-order valence-electron chi connectivity index (χ4n) is 7.73. The molecule has 1 aliphatic carbocycles. The van der Waals surface area contributed by atoms with Crippen molar-refractivity contribution in [2.24, 2.45) is 11.7 Å². The van der Waals surface area contributed by atoms with Gasteiger partial charge in [-0.25, -0.2) is 9.69 Å². The van der Waals surface area contributed by atoms with Gasteiger partial charge in [-0.15, -0.1) is 0 Å². The van der Waals surface area contributed by atoms with Crippen LogP contribution in [0.2, 0.25) is 0 Å². The number of nitrogens with two attached hydrogens (primary N) is 1. The molecule has 2 rings (SSSR count). The van der Waals surface area contributed by atoms with E-state index in [1.165, 1.54) is 133 Å². The van der Waals surface area contributed by atoms with Crippen LogP contribution in [0.15, 0.2) is 0 Å². The molecular formula is C38H73N3O2. The molecule has 252 valence electrons. The minimum atomic E-state index is -0.867. The molecule has 0 aromatic rings. The Kier molecular flexibility index (Phi) is 19.9. The number of hydrogen-bond acceptors (Lipinski definition) is 3. The van der Waals surface area contributed by atoms with Crippen LogP contribution in [0.1, 0.15) is 213 Å². The van der Waals surface area contributed by atoms with Gasteiger partial charge in [0.05, 0.1) is 0 Å². The summed E-state index contributed by atoms with van der Waals surface area (Å²) in [6, 6.07) is -0.250. The van der Waals surface area contributed by atoms with Crippen LogP contribution in [0.4, 0.5) is 4.79 Å². The van der Waals surface area contributed by atoms with E-state index in [1.807, 2.05) is 6.92 Å². The number of nitrogens with zero attached hydrogens (tertiary/aromatic N) is 1. The highest BCUT2D eigenvalue weighted by Gasteiger charge is 2.57. The molecule has 3 N–H and O–H groups in total. The van der Waals surface area contributed by atoms with Crippen molar-refractivity contribution in [2.75, 3.05) is 0 Å². The molecule has 0 aromatic carbocycles. The van der Waals surface area contributed by atoms with E-state index < -0.39 is 11.2 Å². The van der Waals surface area contributed by atoms with Gasteiger partial charge < -0.3 is 11.1 Å². The van der Waals surface area contributed by atoms with Crippen LogP contribution in [0.3, 0.4) is 0 Å². The Bertz CT molecular complexity index is 707. The molecule has 5 heteroatoms. The number of carbonyl (C=O) groups is 2. The van der Waals surface area contributed by atoms with E-state index in [4.69, 9.17) is 5.73 Å². The summed E-state index contributed by atoms with van der Waals surface area (Å²) in [5.41, 5.74) is 5.46. The first-order chi connectivity index (χ1) is 20.9. The fourth-order valence-corrected chi connectivity index (χ4v) is 7.73. The lowest BCUT2D eigenvalue weighted by atomic mass is 9.83. The van der Waals surface area contributed by atoms with Crippen LogP contribution in [0.25, 0.3) is 0 Å². The standard InChI is InChI=1S/C38H73N3O2/c1-4-6-8-10-12-14-16-18-20-22-24-28-32-38(39,33-29-25-23-21-19-17-15-13-11-9-7-5-2)41-35(42)37(3,40-36(41)43)34-30-26-27-31-34/h34H,4-33,39H2,1-3H3,(H,40,43). The zero-order valence-electron chi connectivity index (χ0n) is 29.1. The van der Waals surface area contributed by atoms with Gasteiger partial charge in [0.1, 0.15) is 11.2 Å². The number of carbonyl (C=O) groups excluding carboxylic acids is 2. The average molecular weight is 604 g/mol. The highest BCUT2D eigenvalue weighted by atomic mass is 16.2. The summed E-state index contributed by atoms with van der Waals surface area (Å²) in [6.07, 6.45) is 36.9. The second kappa shape index (κ2) is 22.4. The predicted molar refractivity (Wildman–Crippen MR) is 184 cm³/mol. The van der Waals surface area contributed by atoms with Gasteiger partial charge in [0, 0.05) is 0 Å². The Labute approximate surface area is 267 Å². The largest absolute Gasteiger partial charge is 0.326 e. The summed E-state index contributed by atoms with van der Waals surface area (Å²) < 4.78 is 0. The maximum absolute atomic E-state index is 13.9. The molecule has 2 aliphatic rings. The van der Waals surface area contributed by atoms with Crippen LogP contribution in [-0.4, -0.2) is 28.0 Å². The number of nitrogens with one attached hydrogen (secondary N) is 1. The maximum Gasteiger partial charge on any atom is 0.326 e. The van der Waals surface area contributed by atoms with E-state index >= 15 is 0 Å². The second-order valence-electron chi connectivity index (χ2n) is 14.6. The molecule has 0 bridgehead atoms. The van der Waals surface area contributed by atoms with Crippen molar-refractivity contribution in [3.8, 4) is 0 Å². The van der Waals surface area contributed by atoms with Gasteiger partial charge in [0.2, 0.25) is 0 Å². The van der Waals surface area contributed by atoms with E-state index in [9.17, 15) is 9.59 Å². The SMILES string of the molecule is CCCCCCCCCCCCCCC(N)(CCCCCCCCCCCCCC)N1C(=O)NC(C)(C2CCCC2)C1=O. The number of urea groups is 1. The Morgan fingerprint density at radius 2 is 0.953 bits per heavy atom. The molecule has 0 spiro atoms. The lowest BCUT2D eigenvalue weighted by molar-refractivity contribution is -0.137. The second-order valence-corrected chi connectivity index (χ2v) is 14.6. The fraction of sp³-hybridized carbons (Fsp3) is 0.947. The Balaban J connectivity index is 1.76. The zero-order valence-corrected chi connectivity index (χ0v) is 29.1. The van der Waals surface area contributed by atoms with Crippen LogP contribution in [0, 0.1) is 5.92 Å². The van der Waals surface area contributed by atoms with Gasteiger partial charge in [-0.3, -0.25) is 4.79 Å². The van der Waals surface area contributed by atoms with Gasteiger partial charge >= 0.3 is 6.03 Å². The Morgan fingerprint density at radius 3 is 1.30 bits per heavy atom. The van der Waals surface area contributed by atoms with Crippen LogP contribution in [0.5, 0.6) is 0 Å². The van der Waals surface area contributed by atoms with E-state index in [2.05, 4.69) is 19.2 Å². The molecule has 5 nitrogen and oxygen atoms in total. The molecule has 2 fully saturated rings. The van der Waals surface area contributed by atoms with Gasteiger partial charge in [-0.1, -0.05) is 168 Å². The third kappa shape index (κ3) is 13.8. The van der Waals surface area contributed by atoms with Crippen molar-refractivity contribution in [1.29, 1.82) is 0 Å². The quantitative estimate of drug-likeness (QED) is 0.0690. The van der Waals surface area contributed by atoms with Gasteiger partial charge in [0.15, 0.2) is 0 Å². The molecule has 1 heterocycles. The third-order valence-corrected chi connectivity index (χ3v) is 10.8. The minimum Gasteiger partial charge on any atom is -0.323 e. The van der Waals surface area contributed by atoms with Crippen molar-refractivity contribution < 1.29 is 9.59 Å². The molecule has 43 heavy (non-hydrogen) atoms. The third-order valence-electron chi connectivity index (χ3n) is 10.8. The number of amides is 3. The first-order valence-electron chi connectivity index (χ1n) is 19.3. The lowest BCUT2D eigenvalue weighted by Crippen LogP contribution is -2.60. The van der Waals surface area contributed by atoms with E-state index in [0.717, 1.165) is 64.2 Å². The summed E-state index contributed by atoms with van der Waals surface area (Å²) in [5.74, 6) is 0.168. The lowest BCUT2D eigenvalue weighted by Gasteiger charge is -2.38. The zero-order chi connectivity index (χ0) is 31.2. The first kappa shape index (κ1) is 38.1. The van der Waals surface area contributed by atoms with Crippen molar-refractivity contribution in [1.82, 2.24) is 10.2 Å². The summed E-state index contributed by atoms with van der Waals surface area (Å²) in [5, 5.41) is 3.13. The molecule has 1 saturated carbocycles. The number of unbranched alkanes of at least 4 members (excludes halogenated alkanes) is 22. The average Bonchev–Trinajstić information content (AvgIpc) is 3.61. The number of hydrogen-bond donors (Lipinski definition) is 2. The Hall–Kier alpha value is -1.10. The Morgan fingerprint density at radius 1 is 0.628 bits per heavy atom. The molecule has 3 amide bonds. The molecule has 1 unspecified atom stereocenters. The topological polar surface area (TPSA) is 75.4 Å². The van der Waals surface area contributed by atoms with Crippen LogP contribution >= 0.6 is 0 Å².